The number of fused-ring (bicyclic) bond motifs is 5. The second kappa shape index (κ2) is 3.32. The monoisotopic (exact) mass is 296 g/mol. The second-order valence-corrected chi connectivity index (χ2v) is 6.73. The number of halogens is 1. The third-order valence-electron chi connectivity index (χ3n) is 5.35. The molecule has 92 valence electrons. The predicted octanol–water partition coefficient (Wildman–Crippen LogP) is 1.87. The number of nitrogens with zero attached hydrogens (tertiary/aromatic N) is 3. The molecule has 4 nitrogen and oxygen atoms in total. The summed E-state index contributed by atoms with van der Waals surface area (Å²) in [5, 5.41) is 8.08. The molecular weight excluding hydrogens is 280 g/mol. The molecule has 5 atom stereocenters. The number of hydrogen-bond donors (Lipinski definition) is 1. The molecular formula is C12H17BrN4. The van der Waals surface area contributed by atoms with Crippen LogP contribution in [-0.4, -0.2) is 15.0 Å². The summed E-state index contributed by atoms with van der Waals surface area (Å²) in [5.74, 6) is 4.45. The molecule has 3 aliphatic rings. The highest BCUT2D eigenvalue weighted by molar-refractivity contribution is 9.10. The van der Waals surface area contributed by atoms with E-state index < -0.39 is 0 Å². The van der Waals surface area contributed by atoms with Crippen LogP contribution in [-0.2, 0) is 7.05 Å². The van der Waals surface area contributed by atoms with Crippen LogP contribution in [0.5, 0.6) is 0 Å². The van der Waals surface area contributed by atoms with Crippen molar-refractivity contribution < 1.29 is 0 Å². The molecule has 17 heavy (non-hydrogen) atoms. The van der Waals surface area contributed by atoms with E-state index in [2.05, 4.69) is 26.2 Å². The van der Waals surface area contributed by atoms with E-state index in [4.69, 9.17) is 5.73 Å². The van der Waals surface area contributed by atoms with Crippen LogP contribution in [0.3, 0.4) is 0 Å². The zero-order valence-corrected chi connectivity index (χ0v) is 11.5. The van der Waals surface area contributed by atoms with Gasteiger partial charge in [-0.25, -0.2) is 4.68 Å². The molecule has 1 aromatic heterocycles. The molecule has 0 spiro atoms. The Morgan fingerprint density at radius 3 is 2.53 bits per heavy atom. The largest absolute Gasteiger partial charge is 0.322 e. The van der Waals surface area contributed by atoms with Gasteiger partial charge in [0, 0.05) is 7.05 Å². The van der Waals surface area contributed by atoms with Gasteiger partial charge in [-0.05, 0) is 64.8 Å². The maximum Gasteiger partial charge on any atom is 0.153 e. The van der Waals surface area contributed by atoms with Crippen LogP contribution < -0.4 is 5.73 Å². The van der Waals surface area contributed by atoms with Gasteiger partial charge < -0.3 is 5.73 Å². The first-order chi connectivity index (χ1) is 8.18. The average Bonchev–Trinajstić information content (AvgIpc) is 2.59. The Morgan fingerprint density at radius 1 is 1.35 bits per heavy atom. The van der Waals surface area contributed by atoms with E-state index in [0.29, 0.717) is 5.92 Å². The van der Waals surface area contributed by atoms with Crippen molar-refractivity contribution in [2.45, 2.75) is 25.3 Å². The average molecular weight is 297 g/mol. The molecule has 3 aliphatic carbocycles. The Bertz CT molecular complexity index is 436. The summed E-state index contributed by atoms with van der Waals surface area (Å²) in [5.41, 5.74) is 7.53. The first-order valence-corrected chi connectivity index (χ1v) is 7.28. The highest BCUT2D eigenvalue weighted by atomic mass is 79.9. The smallest absolute Gasteiger partial charge is 0.153 e. The maximum absolute atomic E-state index is 6.46. The molecule has 2 bridgehead atoms. The van der Waals surface area contributed by atoms with E-state index in [-0.39, 0.29) is 6.04 Å². The summed E-state index contributed by atoms with van der Waals surface area (Å²) >= 11 is 3.47. The highest BCUT2D eigenvalue weighted by Crippen LogP contribution is 2.71. The van der Waals surface area contributed by atoms with Gasteiger partial charge in [0.25, 0.3) is 0 Å². The molecule has 5 unspecified atom stereocenters. The molecule has 3 saturated carbocycles. The van der Waals surface area contributed by atoms with Crippen LogP contribution >= 0.6 is 15.9 Å². The Hall–Kier alpha value is -0.420. The molecule has 5 heteroatoms. The van der Waals surface area contributed by atoms with Crippen molar-refractivity contribution in [1.82, 2.24) is 15.0 Å². The quantitative estimate of drug-likeness (QED) is 0.906. The van der Waals surface area contributed by atoms with Gasteiger partial charge in [0.05, 0.1) is 11.7 Å². The Kier molecular flexibility index (Phi) is 2.05. The van der Waals surface area contributed by atoms with E-state index in [1.165, 1.54) is 19.3 Å². The van der Waals surface area contributed by atoms with Crippen LogP contribution in [0.2, 0.25) is 0 Å². The summed E-state index contributed by atoms with van der Waals surface area (Å²) in [6, 6.07) is 0.114. The number of hydrogen-bond acceptors (Lipinski definition) is 3. The van der Waals surface area contributed by atoms with Crippen molar-refractivity contribution >= 4 is 15.9 Å². The van der Waals surface area contributed by atoms with Crippen LogP contribution in [0.1, 0.15) is 31.0 Å². The molecule has 2 N–H and O–H groups in total. The van der Waals surface area contributed by atoms with E-state index in [9.17, 15) is 0 Å². The van der Waals surface area contributed by atoms with Gasteiger partial charge in [0.15, 0.2) is 4.60 Å². The summed E-state index contributed by atoms with van der Waals surface area (Å²) in [4.78, 5) is 0. The van der Waals surface area contributed by atoms with Crippen LogP contribution in [0.25, 0.3) is 0 Å². The summed E-state index contributed by atoms with van der Waals surface area (Å²) in [6.45, 7) is 0. The third-order valence-corrected chi connectivity index (χ3v) is 5.92. The number of rotatable bonds is 2. The van der Waals surface area contributed by atoms with Crippen molar-refractivity contribution in [3.8, 4) is 0 Å². The predicted molar refractivity (Wildman–Crippen MR) is 66.9 cm³/mol. The number of nitrogens with two attached hydrogens (primary N) is 1. The molecule has 1 heterocycles. The van der Waals surface area contributed by atoms with E-state index in [0.717, 1.165) is 34.0 Å². The highest BCUT2D eigenvalue weighted by Gasteiger charge is 2.66. The molecule has 3 fully saturated rings. The summed E-state index contributed by atoms with van der Waals surface area (Å²) < 4.78 is 2.65. The van der Waals surface area contributed by atoms with Crippen LogP contribution in [0, 0.1) is 29.6 Å². The SMILES string of the molecule is Cn1nnc(Br)c1C(N)C1C2C3CCC(C3)C21. The third kappa shape index (κ3) is 1.27. The number of aromatic nitrogens is 3. The molecule has 1 aromatic rings. The molecule has 0 radical (unpaired) electrons. The molecule has 0 aliphatic heterocycles. The topological polar surface area (TPSA) is 56.7 Å². The lowest BCUT2D eigenvalue weighted by atomic mass is 9.96. The van der Waals surface area contributed by atoms with Crippen molar-refractivity contribution in [2.75, 3.05) is 0 Å². The van der Waals surface area contributed by atoms with Crippen LogP contribution in [0.4, 0.5) is 0 Å². The van der Waals surface area contributed by atoms with Gasteiger partial charge >= 0.3 is 0 Å². The van der Waals surface area contributed by atoms with Crippen molar-refractivity contribution in [1.29, 1.82) is 0 Å². The fraction of sp³-hybridized carbons (Fsp3) is 0.833. The summed E-state index contributed by atoms with van der Waals surface area (Å²) in [7, 11) is 1.93. The summed E-state index contributed by atoms with van der Waals surface area (Å²) in [6.07, 6.45) is 4.36. The Morgan fingerprint density at radius 2 is 2.00 bits per heavy atom. The second-order valence-electron chi connectivity index (χ2n) is 5.98. The first kappa shape index (κ1) is 10.5. The van der Waals surface area contributed by atoms with Crippen molar-refractivity contribution in [3.63, 3.8) is 0 Å². The van der Waals surface area contributed by atoms with E-state index in [1.54, 1.807) is 0 Å². The fourth-order valence-electron chi connectivity index (χ4n) is 4.75. The minimum absolute atomic E-state index is 0.114. The zero-order chi connectivity index (χ0) is 11.7. The van der Waals surface area contributed by atoms with Crippen molar-refractivity contribution in [3.05, 3.63) is 10.3 Å². The minimum Gasteiger partial charge on any atom is -0.322 e. The first-order valence-electron chi connectivity index (χ1n) is 6.49. The normalized spacial score (nSPS) is 43.8. The van der Waals surface area contributed by atoms with Gasteiger partial charge in [-0.1, -0.05) is 5.21 Å². The molecule has 4 rings (SSSR count). The fourth-order valence-corrected chi connectivity index (χ4v) is 5.34. The van der Waals surface area contributed by atoms with Gasteiger partial charge in [0.1, 0.15) is 0 Å². The van der Waals surface area contributed by atoms with E-state index in [1.807, 2.05) is 11.7 Å². The van der Waals surface area contributed by atoms with Gasteiger partial charge in [-0.3, -0.25) is 0 Å². The Labute approximate surface area is 109 Å². The molecule has 0 aromatic carbocycles. The zero-order valence-electron chi connectivity index (χ0n) is 9.88. The minimum atomic E-state index is 0.114. The van der Waals surface area contributed by atoms with E-state index >= 15 is 0 Å². The van der Waals surface area contributed by atoms with Crippen molar-refractivity contribution in [2.24, 2.45) is 42.4 Å². The van der Waals surface area contributed by atoms with Crippen LogP contribution in [0.15, 0.2) is 4.60 Å². The van der Waals surface area contributed by atoms with Gasteiger partial charge in [-0.2, -0.15) is 0 Å². The lowest BCUT2D eigenvalue weighted by Crippen LogP contribution is -2.20. The van der Waals surface area contributed by atoms with Gasteiger partial charge in [-0.15, -0.1) is 5.10 Å². The lowest BCUT2D eigenvalue weighted by Gasteiger charge is -2.16. The molecule has 0 amide bonds. The lowest BCUT2D eigenvalue weighted by molar-refractivity contribution is 0.405. The van der Waals surface area contributed by atoms with Gasteiger partial charge in [0.2, 0.25) is 0 Å². The number of aryl methyl sites for hydroxylation is 1. The Balaban J connectivity index is 1.62. The standard InChI is InChI=1S/C12H17BrN4/c1-17-11(12(13)15-16-17)10(14)9-7-5-2-3-6(4-5)8(7)9/h5-10H,2-4,14H2,1H3. The maximum atomic E-state index is 6.46. The molecule has 0 saturated heterocycles.